The zero-order valence-electron chi connectivity index (χ0n) is 18.6. The van der Waals surface area contributed by atoms with E-state index in [9.17, 15) is 18.0 Å². The van der Waals surface area contributed by atoms with Gasteiger partial charge in [0.2, 0.25) is 5.91 Å². The van der Waals surface area contributed by atoms with Gasteiger partial charge in [-0.05, 0) is 62.1 Å². The van der Waals surface area contributed by atoms with Crippen molar-refractivity contribution in [3.8, 4) is 0 Å². The first-order valence-corrected chi connectivity index (χ1v) is 12.4. The minimum Gasteiger partial charge on any atom is -0.310 e. The van der Waals surface area contributed by atoms with Gasteiger partial charge in [0, 0.05) is 5.56 Å². The molecule has 1 aliphatic rings. The van der Waals surface area contributed by atoms with Crippen LogP contribution < -0.4 is 5.32 Å². The third-order valence-corrected chi connectivity index (χ3v) is 7.32. The number of carbonyl (C=O) groups is 2. The quantitative estimate of drug-likeness (QED) is 0.499. The Bertz CT molecular complexity index is 1320. The number of carbonyl (C=O) groups excluding carboxylic acids is 2. The van der Waals surface area contributed by atoms with E-state index in [0.29, 0.717) is 41.2 Å². The summed E-state index contributed by atoms with van der Waals surface area (Å²) in [4.78, 5) is 30.3. The number of aryl methyl sites for hydroxylation is 1. The summed E-state index contributed by atoms with van der Waals surface area (Å²) in [6.45, 7) is 3.46. The van der Waals surface area contributed by atoms with Crippen LogP contribution in [0.3, 0.4) is 0 Å². The number of Topliss-reactive ketones (excluding diaryl/α,β-unsaturated/α-hetero) is 1. The first-order chi connectivity index (χ1) is 16.2. The van der Waals surface area contributed by atoms with Crippen molar-refractivity contribution in [2.45, 2.75) is 43.8 Å². The van der Waals surface area contributed by atoms with Gasteiger partial charge >= 0.3 is 0 Å². The molecule has 176 valence electrons. The van der Waals surface area contributed by atoms with E-state index >= 15 is 0 Å². The minimum atomic E-state index is -2.55. The number of aromatic nitrogens is 3. The summed E-state index contributed by atoms with van der Waals surface area (Å²) in [5, 5.41) is 10.4. The molecule has 8 nitrogen and oxygen atoms in total. The maximum atomic E-state index is 13.2. The normalized spacial score (nSPS) is 18.4. The first kappa shape index (κ1) is 24.0. The Labute approximate surface area is 203 Å². The van der Waals surface area contributed by atoms with Crippen LogP contribution in [0, 0.1) is 0 Å². The van der Waals surface area contributed by atoms with E-state index in [4.69, 9.17) is 11.6 Å². The SMILES string of the molecule is CC(c1ccc(CC(=O)Nc2ccc3c(n2)CCC(C)(c2ccc(Cl)nn2)C3=O)cc1)[SH](=O)=O. The number of pyridine rings is 1. The Morgan fingerprint density at radius 3 is 2.50 bits per heavy atom. The fraction of sp³-hybridized carbons (Fsp3) is 0.292. The molecule has 0 fully saturated rings. The van der Waals surface area contributed by atoms with Crippen LogP contribution in [-0.4, -0.2) is 35.3 Å². The number of hydrogen-bond acceptors (Lipinski definition) is 7. The van der Waals surface area contributed by atoms with Gasteiger partial charge in [-0.2, -0.15) is 5.10 Å². The number of hydrogen-bond donors (Lipinski definition) is 2. The molecule has 0 saturated heterocycles. The van der Waals surface area contributed by atoms with Crippen molar-refractivity contribution in [2.24, 2.45) is 0 Å². The Kier molecular flexibility index (Phi) is 6.77. The molecule has 0 saturated carbocycles. The average molecular weight is 499 g/mol. The lowest BCUT2D eigenvalue weighted by molar-refractivity contribution is -0.115. The number of fused-ring (bicyclic) bond motifs is 1. The second kappa shape index (κ2) is 9.60. The van der Waals surface area contributed by atoms with Crippen LogP contribution in [0.4, 0.5) is 5.82 Å². The lowest BCUT2D eigenvalue weighted by Gasteiger charge is -2.32. The van der Waals surface area contributed by atoms with Crippen LogP contribution in [0.2, 0.25) is 5.15 Å². The minimum absolute atomic E-state index is 0.0927. The number of anilines is 1. The van der Waals surface area contributed by atoms with Gasteiger partial charge in [-0.1, -0.05) is 35.9 Å². The highest BCUT2D eigenvalue weighted by Crippen LogP contribution is 2.37. The smallest absolute Gasteiger partial charge is 0.229 e. The van der Waals surface area contributed by atoms with Crippen LogP contribution in [0.25, 0.3) is 0 Å². The van der Waals surface area contributed by atoms with E-state index in [-0.39, 0.29) is 23.3 Å². The molecular formula is C24H23ClN4O4S. The molecule has 0 aliphatic heterocycles. The lowest BCUT2D eigenvalue weighted by Crippen LogP contribution is -2.38. The van der Waals surface area contributed by atoms with E-state index < -0.39 is 21.4 Å². The van der Waals surface area contributed by atoms with Crippen molar-refractivity contribution in [3.05, 3.63) is 81.8 Å². The zero-order chi connectivity index (χ0) is 24.5. The molecule has 2 atom stereocenters. The molecule has 2 unspecified atom stereocenters. The monoisotopic (exact) mass is 498 g/mol. The van der Waals surface area contributed by atoms with Gasteiger partial charge in [0.25, 0.3) is 0 Å². The van der Waals surface area contributed by atoms with Gasteiger partial charge in [0.05, 0.1) is 28.5 Å². The van der Waals surface area contributed by atoms with E-state index in [1.165, 1.54) is 0 Å². The maximum absolute atomic E-state index is 13.2. The lowest BCUT2D eigenvalue weighted by atomic mass is 9.71. The van der Waals surface area contributed by atoms with Crippen molar-refractivity contribution in [1.29, 1.82) is 0 Å². The number of ketones is 1. The van der Waals surface area contributed by atoms with Crippen molar-refractivity contribution >= 4 is 39.8 Å². The number of nitrogens with one attached hydrogen (secondary N) is 1. The van der Waals surface area contributed by atoms with Gasteiger partial charge in [-0.25, -0.2) is 13.4 Å². The Morgan fingerprint density at radius 2 is 1.85 bits per heavy atom. The molecule has 2 heterocycles. The molecular weight excluding hydrogens is 476 g/mol. The molecule has 0 bridgehead atoms. The van der Waals surface area contributed by atoms with Gasteiger partial charge in [-0.15, -0.1) is 5.10 Å². The van der Waals surface area contributed by atoms with Crippen molar-refractivity contribution in [1.82, 2.24) is 15.2 Å². The topological polar surface area (TPSA) is 119 Å². The second-order valence-corrected chi connectivity index (χ2v) is 10.3. The number of rotatable bonds is 6. The highest BCUT2D eigenvalue weighted by molar-refractivity contribution is 7.72. The summed E-state index contributed by atoms with van der Waals surface area (Å²) >= 11 is 5.83. The molecule has 4 rings (SSSR count). The molecule has 34 heavy (non-hydrogen) atoms. The largest absolute Gasteiger partial charge is 0.310 e. The molecule has 10 heteroatoms. The summed E-state index contributed by atoms with van der Waals surface area (Å²) in [5.74, 6) is 0.0245. The Morgan fingerprint density at radius 1 is 1.12 bits per heavy atom. The molecule has 1 amide bonds. The van der Waals surface area contributed by atoms with Gasteiger partial charge in [-0.3, -0.25) is 9.59 Å². The third-order valence-electron chi connectivity index (χ3n) is 6.19. The van der Waals surface area contributed by atoms with Gasteiger partial charge < -0.3 is 5.32 Å². The number of nitrogens with zero attached hydrogens (tertiary/aromatic N) is 3. The fourth-order valence-corrected chi connectivity index (χ4v) is 4.53. The summed E-state index contributed by atoms with van der Waals surface area (Å²) in [6, 6.07) is 13.5. The standard InChI is InChI=1S/C24H23ClN4O4S/c1-14(34(32)33)16-5-3-15(4-6-16)13-22(30)27-21-10-7-17-18(26-21)11-12-24(2,23(17)31)19-8-9-20(25)29-28-19/h3-10,14,34H,11-13H2,1-2H3,(H,26,27,30). The van der Waals surface area contributed by atoms with Crippen molar-refractivity contribution < 1.29 is 18.0 Å². The molecule has 1 aliphatic carbocycles. The molecule has 0 spiro atoms. The maximum Gasteiger partial charge on any atom is 0.229 e. The van der Waals surface area contributed by atoms with Crippen LogP contribution in [-0.2, 0) is 33.8 Å². The first-order valence-electron chi connectivity index (χ1n) is 10.7. The highest BCUT2D eigenvalue weighted by atomic mass is 35.5. The highest BCUT2D eigenvalue weighted by Gasteiger charge is 2.42. The molecule has 2 aromatic heterocycles. The number of benzene rings is 1. The number of thiol groups is 1. The predicted molar refractivity (Wildman–Crippen MR) is 129 cm³/mol. The van der Waals surface area contributed by atoms with Crippen LogP contribution in [0.5, 0.6) is 0 Å². The summed E-state index contributed by atoms with van der Waals surface area (Å²) in [7, 11) is -2.55. The molecule has 1 aromatic carbocycles. The molecule has 1 N–H and O–H groups in total. The van der Waals surface area contributed by atoms with Crippen molar-refractivity contribution in [3.63, 3.8) is 0 Å². The summed E-state index contributed by atoms with van der Waals surface area (Å²) < 4.78 is 22.3. The second-order valence-electron chi connectivity index (χ2n) is 8.52. The van der Waals surface area contributed by atoms with Crippen LogP contribution in [0.1, 0.15) is 58.4 Å². The average Bonchev–Trinajstić information content (AvgIpc) is 2.82. The van der Waals surface area contributed by atoms with E-state index in [2.05, 4.69) is 20.5 Å². The number of amides is 1. The summed E-state index contributed by atoms with van der Waals surface area (Å²) in [5.41, 5.74) is 2.31. The van der Waals surface area contributed by atoms with E-state index in [1.54, 1.807) is 55.5 Å². The Balaban J connectivity index is 1.45. The fourth-order valence-electron chi connectivity index (χ4n) is 4.01. The van der Waals surface area contributed by atoms with Gasteiger partial charge in [0.15, 0.2) is 10.9 Å². The number of halogens is 1. The van der Waals surface area contributed by atoms with Gasteiger partial charge in [0.1, 0.15) is 16.5 Å². The van der Waals surface area contributed by atoms with Crippen LogP contribution in [0.15, 0.2) is 48.5 Å². The van der Waals surface area contributed by atoms with Crippen LogP contribution >= 0.6 is 11.6 Å². The predicted octanol–water partition coefficient (Wildman–Crippen LogP) is 3.47. The van der Waals surface area contributed by atoms with E-state index in [1.807, 2.05) is 6.92 Å². The van der Waals surface area contributed by atoms with E-state index in [0.717, 1.165) is 5.56 Å². The third kappa shape index (κ3) is 4.85. The zero-order valence-corrected chi connectivity index (χ0v) is 20.3. The molecule has 0 radical (unpaired) electrons. The Hall–Kier alpha value is -3.17. The summed E-state index contributed by atoms with van der Waals surface area (Å²) in [6.07, 6.45) is 1.18. The van der Waals surface area contributed by atoms with Crippen molar-refractivity contribution in [2.75, 3.05) is 5.32 Å². The molecule has 3 aromatic rings.